The fraction of sp³-hybridized carbons (Fsp3) is 0.143. The molecule has 0 fully saturated rings. The molecule has 0 N–H and O–H groups in total. The Bertz CT molecular complexity index is 765. The smallest absolute Gasteiger partial charge is 0.113 e. The van der Waals surface area contributed by atoms with Gasteiger partial charge in [0.25, 0.3) is 0 Å². The lowest BCUT2D eigenvalue weighted by molar-refractivity contribution is 0.823. The Hall–Kier alpha value is -2.01. The predicted octanol–water partition coefficient (Wildman–Crippen LogP) is 3.02. The molecule has 1 aromatic heterocycles. The van der Waals surface area contributed by atoms with Gasteiger partial charge < -0.3 is 4.31 Å². The van der Waals surface area contributed by atoms with Crippen LogP contribution in [0.5, 0.6) is 0 Å². The van der Waals surface area contributed by atoms with E-state index in [4.69, 9.17) is 0 Å². The summed E-state index contributed by atoms with van der Waals surface area (Å²) >= 11 is 1.82. The molecule has 0 amide bonds. The molecule has 5 heteroatoms. The zero-order valence-corrected chi connectivity index (χ0v) is 11.3. The van der Waals surface area contributed by atoms with Crippen molar-refractivity contribution in [3.63, 3.8) is 0 Å². The number of hydrogen-bond donors (Lipinski definition) is 0. The number of benzene rings is 2. The molecule has 2 aromatic carbocycles. The Labute approximate surface area is 115 Å². The van der Waals surface area contributed by atoms with E-state index in [1.54, 1.807) is 0 Å². The first-order valence-electron chi connectivity index (χ1n) is 6.13. The van der Waals surface area contributed by atoms with Crippen LogP contribution >= 0.6 is 11.9 Å². The van der Waals surface area contributed by atoms with E-state index in [2.05, 4.69) is 39.9 Å². The lowest BCUT2D eigenvalue weighted by Gasteiger charge is -2.10. The molecule has 0 unspecified atom stereocenters. The highest BCUT2D eigenvalue weighted by Gasteiger charge is 2.17. The van der Waals surface area contributed by atoms with Crippen molar-refractivity contribution in [3.8, 4) is 5.69 Å². The van der Waals surface area contributed by atoms with E-state index >= 15 is 0 Å². The van der Waals surface area contributed by atoms with E-state index in [9.17, 15) is 0 Å². The number of nitrogens with zero attached hydrogens (tertiary/aromatic N) is 4. The Morgan fingerprint density at radius 1 is 1.16 bits per heavy atom. The normalized spacial score (nSPS) is 14.1. The van der Waals surface area contributed by atoms with Crippen LogP contribution in [0.2, 0.25) is 0 Å². The molecule has 0 spiro atoms. The first kappa shape index (κ1) is 10.9. The summed E-state index contributed by atoms with van der Waals surface area (Å²) < 4.78 is 4.11. The van der Waals surface area contributed by atoms with Gasteiger partial charge in [-0.05, 0) is 47.8 Å². The molecule has 3 aromatic rings. The highest BCUT2D eigenvalue weighted by Crippen LogP contribution is 2.37. The van der Waals surface area contributed by atoms with Crippen LogP contribution in [0.25, 0.3) is 16.7 Å². The van der Waals surface area contributed by atoms with Crippen molar-refractivity contribution in [2.45, 2.75) is 5.75 Å². The molecule has 0 bridgehead atoms. The van der Waals surface area contributed by atoms with Gasteiger partial charge in [0, 0.05) is 12.8 Å². The molecular formula is C14H12N4S. The minimum Gasteiger partial charge on any atom is -0.319 e. The maximum atomic E-state index is 4.26. The molecule has 0 radical (unpaired) electrons. The third-order valence-corrected chi connectivity index (χ3v) is 4.44. The van der Waals surface area contributed by atoms with Crippen LogP contribution in [-0.4, -0.2) is 22.0 Å². The minimum atomic E-state index is 0.925. The van der Waals surface area contributed by atoms with Crippen LogP contribution in [0, 0.1) is 0 Å². The highest BCUT2D eigenvalue weighted by molar-refractivity contribution is 8.00. The summed E-state index contributed by atoms with van der Waals surface area (Å²) in [6, 6.07) is 14.5. The largest absolute Gasteiger partial charge is 0.319 e. The number of rotatable bonds is 1. The monoisotopic (exact) mass is 268 g/mol. The summed E-state index contributed by atoms with van der Waals surface area (Å²) in [4.78, 5) is 0. The van der Waals surface area contributed by atoms with E-state index in [-0.39, 0.29) is 0 Å². The fourth-order valence-corrected chi connectivity index (χ4v) is 3.30. The van der Waals surface area contributed by atoms with Gasteiger partial charge in [-0.25, -0.2) is 4.68 Å². The molecule has 4 nitrogen and oxygen atoms in total. The summed E-state index contributed by atoms with van der Waals surface area (Å²) in [6.45, 7) is 0. The molecule has 0 saturated carbocycles. The maximum absolute atomic E-state index is 4.26. The van der Waals surface area contributed by atoms with Crippen LogP contribution in [0.3, 0.4) is 0 Å². The molecule has 0 aliphatic carbocycles. The van der Waals surface area contributed by atoms with Crippen molar-refractivity contribution >= 4 is 28.7 Å². The topological polar surface area (TPSA) is 34.0 Å². The average Bonchev–Trinajstić information content (AvgIpc) is 3.03. The highest BCUT2D eigenvalue weighted by atomic mass is 32.2. The third kappa shape index (κ3) is 1.62. The van der Waals surface area contributed by atoms with Crippen molar-refractivity contribution in [2.24, 2.45) is 0 Å². The van der Waals surface area contributed by atoms with Crippen molar-refractivity contribution in [3.05, 3.63) is 48.0 Å². The van der Waals surface area contributed by atoms with Gasteiger partial charge in [-0.3, -0.25) is 0 Å². The molecule has 2 heterocycles. The Balaban J connectivity index is 1.89. The molecule has 94 valence electrons. The Kier molecular flexibility index (Phi) is 2.29. The Morgan fingerprint density at radius 2 is 2.05 bits per heavy atom. The van der Waals surface area contributed by atoms with Gasteiger partial charge in [0.1, 0.15) is 5.52 Å². The quantitative estimate of drug-likeness (QED) is 0.635. The van der Waals surface area contributed by atoms with Gasteiger partial charge >= 0.3 is 0 Å². The van der Waals surface area contributed by atoms with E-state index in [0.717, 1.165) is 22.5 Å². The van der Waals surface area contributed by atoms with E-state index in [0.29, 0.717) is 0 Å². The Morgan fingerprint density at radius 3 is 3.00 bits per heavy atom. The van der Waals surface area contributed by atoms with Gasteiger partial charge in [0.05, 0.1) is 16.9 Å². The molecule has 4 rings (SSSR count). The predicted molar refractivity (Wildman–Crippen MR) is 78.6 cm³/mol. The van der Waals surface area contributed by atoms with Crippen LogP contribution in [0.1, 0.15) is 5.56 Å². The summed E-state index contributed by atoms with van der Waals surface area (Å²) in [5.41, 5.74) is 5.68. The first-order valence-corrected chi connectivity index (χ1v) is 7.07. The van der Waals surface area contributed by atoms with Crippen molar-refractivity contribution in [1.29, 1.82) is 0 Å². The fourth-order valence-electron chi connectivity index (χ4n) is 2.42. The second-order valence-electron chi connectivity index (χ2n) is 4.57. The average molecular weight is 268 g/mol. The van der Waals surface area contributed by atoms with Gasteiger partial charge in [0.15, 0.2) is 0 Å². The summed E-state index contributed by atoms with van der Waals surface area (Å²) in [6.07, 6.45) is 0. The number of hydrogen-bond acceptors (Lipinski definition) is 4. The van der Waals surface area contributed by atoms with Crippen molar-refractivity contribution < 1.29 is 0 Å². The second-order valence-corrected chi connectivity index (χ2v) is 5.67. The van der Waals surface area contributed by atoms with E-state index in [1.165, 1.54) is 11.3 Å². The van der Waals surface area contributed by atoms with Gasteiger partial charge in [-0.2, -0.15) is 0 Å². The molecule has 1 aliphatic heterocycles. The summed E-state index contributed by atoms with van der Waals surface area (Å²) in [7, 11) is 2.10. The molecule has 19 heavy (non-hydrogen) atoms. The minimum absolute atomic E-state index is 0.925. The number of para-hydroxylation sites is 1. The van der Waals surface area contributed by atoms with Crippen LogP contribution < -0.4 is 4.31 Å². The van der Waals surface area contributed by atoms with Gasteiger partial charge in [-0.15, -0.1) is 5.10 Å². The zero-order valence-electron chi connectivity index (χ0n) is 10.4. The number of aromatic nitrogens is 3. The number of fused-ring (bicyclic) bond motifs is 2. The third-order valence-electron chi connectivity index (χ3n) is 3.41. The number of anilines is 1. The zero-order chi connectivity index (χ0) is 12.8. The first-order chi connectivity index (χ1) is 9.33. The van der Waals surface area contributed by atoms with Crippen LogP contribution in [0.4, 0.5) is 5.69 Å². The summed E-state index contributed by atoms with van der Waals surface area (Å²) in [5, 5.41) is 8.46. The van der Waals surface area contributed by atoms with Crippen LogP contribution in [0.15, 0.2) is 42.5 Å². The maximum Gasteiger partial charge on any atom is 0.113 e. The molecule has 0 saturated heterocycles. The lowest BCUT2D eigenvalue weighted by atomic mass is 10.1. The van der Waals surface area contributed by atoms with Crippen molar-refractivity contribution in [2.75, 3.05) is 11.4 Å². The van der Waals surface area contributed by atoms with Gasteiger partial charge in [-0.1, -0.05) is 17.3 Å². The van der Waals surface area contributed by atoms with E-state index in [1.807, 2.05) is 40.9 Å². The standard InChI is InChI=1S/C14H12N4S/c1-17-13-7-6-11(8-10(13)9-19-17)18-14-5-3-2-4-12(14)15-16-18/h2-8H,9H2,1H3. The SMILES string of the molecule is CN1SCc2cc(-n3nnc4ccccc43)ccc21. The molecule has 0 atom stereocenters. The van der Waals surface area contributed by atoms with Crippen LogP contribution in [-0.2, 0) is 5.75 Å². The molecule has 1 aliphatic rings. The molecular weight excluding hydrogens is 256 g/mol. The van der Waals surface area contributed by atoms with Gasteiger partial charge in [0.2, 0.25) is 0 Å². The second kappa shape index (κ2) is 3.99. The lowest BCUT2D eigenvalue weighted by Crippen LogP contribution is -2.01. The van der Waals surface area contributed by atoms with E-state index < -0.39 is 0 Å². The van der Waals surface area contributed by atoms with Crippen molar-refractivity contribution in [1.82, 2.24) is 15.0 Å². The summed E-state index contributed by atoms with van der Waals surface area (Å²) in [5.74, 6) is 1.02.